The molecule has 1 atom stereocenters. The van der Waals surface area contributed by atoms with Crippen LogP contribution in [0.3, 0.4) is 0 Å². The lowest BCUT2D eigenvalue weighted by Gasteiger charge is -2.18. The van der Waals surface area contributed by atoms with Gasteiger partial charge in [-0.2, -0.15) is 0 Å². The third kappa shape index (κ3) is 4.36. The van der Waals surface area contributed by atoms with Gasteiger partial charge in [-0.1, -0.05) is 12.1 Å². The van der Waals surface area contributed by atoms with E-state index in [2.05, 4.69) is 5.32 Å². The average Bonchev–Trinajstić information content (AvgIpc) is 3.29. The summed E-state index contributed by atoms with van der Waals surface area (Å²) in [5, 5.41) is 2.70. The highest BCUT2D eigenvalue weighted by atomic mass is 16.5. The summed E-state index contributed by atoms with van der Waals surface area (Å²) >= 11 is 0. The van der Waals surface area contributed by atoms with Crippen LogP contribution in [0.4, 0.5) is 5.69 Å². The molecule has 2 heterocycles. The minimum absolute atomic E-state index is 0.00504. The first-order chi connectivity index (χ1) is 12.1. The number of hydrogen-bond donors (Lipinski definition) is 1. The van der Waals surface area contributed by atoms with Crippen LogP contribution in [-0.2, 0) is 19.1 Å². The number of para-hydroxylation sites is 1. The van der Waals surface area contributed by atoms with E-state index in [1.165, 1.54) is 0 Å². The van der Waals surface area contributed by atoms with Gasteiger partial charge in [0.05, 0.1) is 17.4 Å². The molecule has 2 saturated heterocycles. The number of benzene rings is 1. The summed E-state index contributed by atoms with van der Waals surface area (Å²) in [5.41, 5.74) is 0.833. The first-order valence-corrected chi connectivity index (χ1v) is 8.60. The van der Waals surface area contributed by atoms with Crippen LogP contribution in [0.15, 0.2) is 24.3 Å². The maximum atomic E-state index is 12.3. The highest BCUT2D eigenvalue weighted by Gasteiger charge is 2.26. The van der Waals surface area contributed by atoms with E-state index >= 15 is 0 Å². The summed E-state index contributed by atoms with van der Waals surface area (Å²) in [6, 6.07) is 6.80. The molecule has 1 N–H and O–H groups in total. The predicted molar refractivity (Wildman–Crippen MR) is 90.3 cm³/mol. The van der Waals surface area contributed by atoms with Crippen molar-refractivity contribution in [3.05, 3.63) is 29.8 Å². The summed E-state index contributed by atoms with van der Waals surface area (Å²) in [4.78, 5) is 37.7. The van der Waals surface area contributed by atoms with Gasteiger partial charge >= 0.3 is 5.97 Å². The van der Waals surface area contributed by atoms with Crippen molar-refractivity contribution in [3.63, 3.8) is 0 Å². The number of nitrogens with one attached hydrogen (secondary N) is 1. The third-order valence-corrected chi connectivity index (χ3v) is 4.37. The number of esters is 1. The zero-order valence-electron chi connectivity index (χ0n) is 14.0. The number of ether oxygens (including phenoxy) is 2. The van der Waals surface area contributed by atoms with Crippen LogP contribution in [0.2, 0.25) is 0 Å². The highest BCUT2D eigenvalue weighted by molar-refractivity contribution is 6.03. The maximum absolute atomic E-state index is 12.3. The van der Waals surface area contributed by atoms with E-state index in [-0.39, 0.29) is 24.5 Å². The molecule has 0 aromatic heterocycles. The van der Waals surface area contributed by atoms with Gasteiger partial charge in [0.1, 0.15) is 0 Å². The maximum Gasteiger partial charge on any atom is 0.340 e. The largest absolute Gasteiger partial charge is 0.452 e. The Bertz CT molecular complexity index is 655. The lowest BCUT2D eigenvalue weighted by atomic mass is 10.1. The summed E-state index contributed by atoms with van der Waals surface area (Å²) in [5.74, 6) is -0.976. The Kier molecular flexibility index (Phi) is 5.65. The molecule has 3 rings (SSSR count). The smallest absolute Gasteiger partial charge is 0.340 e. The van der Waals surface area contributed by atoms with Gasteiger partial charge in [-0.15, -0.1) is 0 Å². The molecule has 2 fully saturated rings. The molecular weight excluding hydrogens is 324 g/mol. The third-order valence-electron chi connectivity index (χ3n) is 4.37. The quantitative estimate of drug-likeness (QED) is 0.784. The Morgan fingerprint density at radius 2 is 2.12 bits per heavy atom. The topological polar surface area (TPSA) is 84.9 Å². The Morgan fingerprint density at radius 1 is 1.28 bits per heavy atom. The molecule has 0 saturated carbocycles. The standard InChI is InChI=1S/C18H22N2O5/c21-16(19-11-13-5-4-10-24-13)12-25-18(23)14-6-1-2-7-15(14)20-9-3-8-17(20)22/h1-2,6-7,13H,3-5,8-12H2,(H,19,21)/t13-/m0/s1. The molecule has 1 aromatic rings. The number of amides is 2. The van der Waals surface area contributed by atoms with Gasteiger partial charge in [-0.25, -0.2) is 4.79 Å². The molecule has 134 valence electrons. The minimum atomic E-state index is -0.609. The Balaban J connectivity index is 1.54. The molecule has 0 aliphatic carbocycles. The molecular formula is C18H22N2O5. The second-order valence-electron chi connectivity index (χ2n) is 6.18. The number of carbonyl (C=O) groups is 3. The zero-order valence-corrected chi connectivity index (χ0v) is 14.0. The second kappa shape index (κ2) is 8.11. The van der Waals surface area contributed by atoms with E-state index in [1.807, 2.05) is 0 Å². The molecule has 2 amide bonds. The van der Waals surface area contributed by atoms with E-state index in [9.17, 15) is 14.4 Å². The van der Waals surface area contributed by atoms with E-state index in [4.69, 9.17) is 9.47 Å². The minimum Gasteiger partial charge on any atom is -0.452 e. The fourth-order valence-electron chi connectivity index (χ4n) is 3.08. The lowest BCUT2D eigenvalue weighted by Crippen LogP contribution is -2.35. The Morgan fingerprint density at radius 3 is 2.84 bits per heavy atom. The van der Waals surface area contributed by atoms with E-state index in [0.29, 0.717) is 30.8 Å². The van der Waals surface area contributed by atoms with E-state index in [1.54, 1.807) is 29.2 Å². The fourth-order valence-corrected chi connectivity index (χ4v) is 3.08. The van der Waals surface area contributed by atoms with Crippen LogP contribution in [0.1, 0.15) is 36.0 Å². The molecule has 7 nitrogen and oxygen atoms in total. The zero-order chi connectivity index (χ0) is 17.6. The summed E-state index contributed by atoms with van der Waals surface area (Å²) in [6.45, 7) is 1.38. The molecule has 0 unspecified atom stereocenters. The van der Waals surface area contributed by atoms with E-state index in [0.717, 1.165) is 25.9 Å². The van der Waals surface area contributed by atoms with Crippen LogP contribution < -0.4 is 10.2 Å². The van der Waals surface area contributed by atoms with Crippen LogP contribution in [0.5, 0.6) is 0 Å². The van der Waals surface area contributed by atoms with Gasteiger partial charge in [0.25, 0.3) is 5.91 Å². The van der Waals surface area contributed by atoms with Crippen LogP contribution in [-0.4, -0.2) is 50.2 Å². The van der Waals surface area contributed by atoms with Crippen molar-refractivity contribution in [2.45, 2.75) is 31.8 Å². The highest BCUT2D eigenvalue weighted by Crippen LogP contribution is 2.25. The molecule has 0 bridgehead atoms. The van der Waals surface area contributed by atoms with Gasteiger partial charge in [0.2, 0.25) is 5.91 Å². The number of carbonyl (C=O) groups excluding carboxylic acids is 3. The molecule has 0 spiro atoms. The first kappa shape index (κ1) is 17.4. The summed E-state index contributed by atoms with van der Waals surface area (Å²) in [7, 11) is 0. The van der Waals surface area contributed by atoms with Crippen molar-refractivity contribution in [1.82, 2.24) is 5.32 Å². The van der Waals surface area contributed by atoms with Crippen molar-refractivity contribution in [2.24, 2.45) is 0 Å². The Hall–Kier alpha value is -2.41. The second-order valence-corrected chi connectivity index (χ2v) is 6.18. The number of nitrogens with zero attached hydrogens (tertiary/aromatic N) is 1. The average molecular weight is 346 g/mol. The molecule has 2 aliphatic heterocycles. The molecule has 0 radical (unpaired) electrons. The van der Waals surface area contributed by atoms with Gasteiger partial charge in [0, 0.05) is 26.1 Å². The predicted octanol–water partition coefficient (Wildman–Crippen LogP) is 1.27. The number of hydrogen-bond acceptors (Lipinski definition) is 5. The van der Waals surface area contributed by atoms with Gasteiger partial charge in [-0.05, 0) is 31.4 Å². The van der Waals surface area contributed by atoms with Crippen LogP contribution in [0, 0.1) is 0 Å². The van der Waals surface area contributed by atoms with Crippen molar-refractivity contribution >= 4 is 23.5 Å². The molecule has 2 aliphatic rings. The lowest BCUT2D eigenvalue weighted by molar-refractivity contribution is -0.124. The van der Waals surface area contributed by atoms with Gasteiger partial charge in [-0.3, -0.25) is 9.59 Å². The monoisotopic (exact) mass is 346 g/mol. The normalized spacial score (nSPS) is 19.9. The molecule has 1 aromatic carbocycles. The fraction of sp³-hybridized carbons (Fsp3) is 0.500. The SMILES string of the molecule is O=C(COC(=O)c1ccccc1N1CCCC1=O)NC[C@@H]1CCCO1. The van der Waals surface area contributed by atoms with Crippen molar-refractivity contribution in [2.75, 3.05) is 31.2 Å². The van der Waals surface area contributed by atoms with E-state index < -0.39 is 5.97 Å². The van der Waals surface area contributed by atoms with Gasteiger partial charge < -0.3 is 19.7 Å². The molecule has 25 heavy (non-hydrogen) atoms. The number of anilines is 1. The number of rotatable bonds is 6. The van der Waals surface area contributed by atoms with Crippen LogP contribution in [0.25, 0.3) is 0 Å². The van der Waals surface area contributed by atoms with Crippen molar-refractivity contribution < 1.29 is 23.9 Å². The first-order valence-electron chi connectivity index (χ1n) is 8.60. The summed E-state index contributed by atoms with van der Waals surface area (Å²) < 4.78 is 10.5. The summed E-state index contributed by atoms with van der Waals surface area (Å²) in [6.07, 6.45) is 3.23. The van der Waals surface area contributed by atoms with Gasteiger partial charge in [0.15, 0.2) is 6.61 Å². The van der Waals surface area contributed by atoms with Crippen molar-refractivity contribution in [1.29, 1.82) is 0 Å². The van der Waals surface area contributed by atoms with Crippen molar-refractivity contribution in [3.8, 4) is 0 Å². The Labute approximate surface area is 146 Å². The van der Waals surface area contributed by atoms with Crippen LogP contribution >= 0.6 is 0 Å². The molecule has 7 heteroatoms.